The minimum absolute atomic E-state index is 0.00644. The molecule has 0 spiro atoms. The predicted octanol–water partition coefficient (Wildman–Crippen LogP) is -0.881. The van der Waals surface area contributed by atoms with E-state index in [9.17, 15) is 9.18 Å². The molecule has 1 heterocycles. The van der Waals surface area contributed by atoms with E-state index in [1.807, 2.05) is 0 Å². The lowest BCUT2D eigenvalue weighted by atomic mass is 9.79. The average Bonchev–Trinajstić information content (AvgIpc) is 2.40. The molecular formula is C12H12BFN2O4. The number of ether oxygens (including phenoxy) is 1. The minimum atomic E-state index is -1.78. The minimum Gasteiger partial charge on any atom is -0.480 e. The maximum Gasteiger partial charge on any atom is 0.488 e. The van der Waals surface area contributed by atoms with Gasteiger partial charge >= 0.3 is 7.12 Å². The van der Waals surface area contributed by atoms with Crippen LogP contribution in [0.3, 0.4) is 0 Å². The Morgan fingerprint density at radius 2 is 2.10 bits per heavy atom. The molecule has 1 aromatic carbocycles. The van der Waals surface area contributed by atoms with E-state index in [0.717, 1.165) is 10.7 Å². The molecule has 0 amide bonds. The Labute approximate surface area is 114 Å². The van der Waals surface area contributed by atoms with Gasteiger partial charge in [-0.25, -0.2) is 9.07 Å². The van der Waals surface area contributed by atoms with E-state index in [-0.39, 0.29) is 23.4 Å². The van der Waals surface area contributed by atoms with E-state index < -0.39 is 12.9 Å². The lowest BCUT2D eigenvalue weighted by Crippen LogP contribution is -2.31. The number of hydrogen-bond donors (Lipinski definition) is 2. The zero-order valence-corrected chi connectivity index (χ0v) is 10.7. The van der Waals surface area contributed by atoms with Crippen molar-refractivity contribution in [3.63, 3.8) is 0 Å². The number of nitrogens with zero attached hydrogens (tertiary/aromatic N) is 2. The van der Waals surface area contributed by atoms with Gasteiger partial charge in [0.1, 0.15) is 5.82 Å². The van der Waals surface area contributed by atoms with Crippen molar-refractivity contribution < 1.29 is 19.2 Å². The Morgan fingerprint density at radius 1 is 1.35 bits per heavy atom. The second-order valence-corrected chi connectivity index (χ2v) is 4.14. The van der Waals surface area contributed by atoms with Crippen molar-refractivity contribution in [1.82, 2.24) is 9.78 Å². The molecule has 0 unspecified atom stereocenters. The second kappa shape index (κ2) is 5.85. The Balaban J connectivity index is 2.37. The topological polar surface area (TPSA) is 84.6 Å². The number of rotatable bonds is 4. The van der Waals surface area contributed by atoms with Crippen molar-refractivity contribution in [3.05, 3.63) is 52.1 Å². The molecule has 2 aromatic rings. The summed E-state index contributed by atoms with van der Waals surface area (Å²) < 4.78 is 19.4. The molecule has 8 heteroatoms. The van der Waals surface area contributed by atoms with Gasteiger partial charge in [0.15, 0.2) is 0 Å². The summed E-state index contributed by atoms with van der Waals surface area (Å²) in [5.41, 5.74) is 0.0213. The van der Waals surface area contributed by atoms with E-state index in [4.69, 9.17) is 14.8 Å². The Kier molecular flexibility index (Phi) is 4.16. The highest BCUT2D eigenvalue weighted by molar-refractivity contribution is 6.58. The van der Waals surface area contributed by atoms with E-state index in [0.29, 0.717) is 5.56 Å². The van der Waals surface area contributed by atoms with Crippen LogP contribution in [0.25, 0.3) is 0 Å². The molecule has 20 heavy (non-hydrogen) atoms. The van der Waals surface area contributed by atoms with Crippen molar-refractivity contribution >= 4 is 12.6 Å². The molecule has 0 bridgehead atoms. The predicted molar refractivity (Wildman–Crippen MR) is 70.4 cm³/mol. The fraction of sp³-hybridized carbons (Fsp3) is 0.167. The Hall–Kier alpha value is -2.19. The summed E-state index contributed by atoms with van der Waals surface area (Å²) in [6, 6.07) is 6.30. The van der Waals surface area contributed by atoms with Gasteiger partial charge in [-0.2, -0.15) is 0 Å². The van der Waals surface area contributed by atoms with Gasteiger partial charge in [-0.15, -0.1) is 5.10 Å². The van der Waals surface area contributed by atoms with Crippen LogP contribution in [0.5, 0.6) is 5.88 Å². The summed E-state index contributed by atoms with van der Waals surface area (Å²) in [6.07, 6.45) is 0. The molecule has 0 aliphatic heterocycles. The molecule has 0 saturated heterocycles. The van der Waals surface area contributed by atoms with Crippen LogP contribution in [-0.2, 0) is 6.54 Å². The highest BCUT2D eigenvalue weighted by Gasteiger charge is 2.13. The molecule has 6 nitrogen and oxygen atoms in total. The first-order chi connectivity index (χ1) is 9.49. The monoisotopic (exact) mass is 278 g/mol. The average molecular weight is 278 g/mol. The summed E-state index contributed by atoms with van der Waals surface area (Å²) >= 11 is 0. The van der Waals surface area contributed by atoms with Crippen molar-refractivity contribution in [2.24, 2.45) is 0 Å². The van der Waals surface area contributed by atoms with E-state index in [2.05, 4.69) is 5.10 Å². The van der Waals surface area contributed by atoms with Crippen LogP contribution in [0.2, 0.25) is 0 Å². The summed E-state index contributed by atoms with van der Waals surface area (Å²) in [7, 11) is -0.362. The highest BCUT2D eigenvalue weighted by Crippen LogP contribution is 2.05. The molecule has 0 aliphatic carbocycles. The van der Waals surface area contributed by atoms with Crippen LogP contribution in [0.15, 0.2) is 35.1 Å². The number of benzene rings is 1. The van der Waals surface area contributed by atoms with E-state index >= 15 is 0 Å². The maximum atomic E-state index is 13.4. The van der Waals surface area contributed by atoms with Gasteiger partial charge in [-0.05, 0) is 23.2 Å². The van der Waals surface area contributed by atoms with Gasteiger partial charge in [-0.1, -0.05) is 6.07 Å². The first kappa shape index (κ1) is 14.2. The first-order valence-corrected chi connectivity index (χ1v) is 5.77. The fourth-order valence-electron chi connectivity index (χ4n) is 1.74. The van der Waals surface area contributed by atoms with Gasteiger partial charge in [-0.3, -0.25) is 4.79 Å². The van der Waals surface area contributed by atoms with Crippen LogP contribution in [0, 0.1) is 5.82 Å². The Morgan fingerprint density at radius 3 is 2.75 bits per heavy atom. The number of hydrogen-bond acceptors (Lipinski definition) is 5. The van der Waals surface area contributed by atoms with Gasteiger partial charge < -0.3 is 14.8 Å². The molecule has 0 aliphatic rings. The summed E-state index contributed by atoms with van der Waals surface area (Å²) in [4.78, 5) is 11.6. The van der Waals surface area contributed by atoms with Crippen molar-refractivity contribution in [2.45, 2.75) is 6.54 Å². The normalized spacial score (nSPS) is 10.4. The number of halogens is 1. The number of aromatic nitrogens is 2. The largest absolute Gasteiger partial charge is 0.488 e. The van der Waals surface area contributed by atoms with Gasteiger partial charge in [0.25, 0.3) is 5.56 Å². The van der Waals surface area contributed by atoms with Gasteiger partial charge in [0, 0.05) is 12.1 Å². The third-order valence-electron chi connectivity index (χ3n) is 2.66. The lowest BCUT2D eigenvalue weighted by Gasteiger charge is -2.08. The second-order valence-electron chi connectivity index (χ2n) is 4.14. The summed E-state index contributed by atoms with van der Waals surface area (Å²) in [5, 5.41) is 22.0. The molecule has 0 saturated carbocycles. The highest BCUT2D eigenvalue weighted by atomic mass is 19.1. The maximum absolute atomic E-state index is 13.4. The van der Waals surface area contributed by atoms with Crippen molar-refractivity contribution in [3.8, 4) is 5.88 Å². The van der Waals surface area contributed by atoms with Crippen molar-refractivity contribution in [1.29, 1.82) is 0 Å². The SMILES string of the molecule is COc1ccc(=O)n(Cc2cc(F)cc(B(O)O)c2)n1. The molecular weight excluding hydrogens is 266 g/mol. The van der Waals surface area contributed by atoms with Crippen LogP contribution < -0.4 is 15.8 Å². The van der Waals surface area contributed by atoms with Crippen LogP contribution in [-0.4, -0.2) is 34.1 Å². The zero-order chi connectivity index (χ0) is 14.7. The standard InChI is InChI=1S/C12H12BFN2O4/c1-20-11-2-3-12(17)16(15-11)7-8-4-9(13(18)19)6-10(14)5-8/h2-6,18-19H,7H2,1H3. The van der Waals surface area contributed by atoms with E-state index in [1.165, 1.54) is 31.4 Å². The zero-order valence-electron chi connectivity index (χ0n) is 10.7. The molecule has 0 radical (unpaired) electrons. The molecule has 2 N–H and O–H groups in total. The molecule has 104 valence electrons. The summed E-state index contributed by atoms with van der Waals surface area (Å²) in [6.45, 7) is -0.00644. The van der Waals surface area contributed by atoms with Crippen molar-refractivity contribution in [2.75, 3.05) is 7.11 Å². The third-order valence-corrected chi connectivity index (χ3v) is 2.66. The third kappa shape index (κ3) is 3.22. The smallest absolute Gasteiger partial charge is 0.480 e. The first-order valence-electron chi connectivity index (χ1n) is 5.77. The quantitative estimate of drug-likeness (QED) is 0.709. The summed E-state index contributed by atoms with van der Waals surface area (Å²) in [5.74, 6) is -0.370. The van der Waals surface area contributed by atoms with Crippen LogP contribution in [0.1, 0.15) is 5.56 Å². The van der Waals surface area contributed by atoms with Gasteiger partial charge in [0.05, 0.1) is 13.7 Å². The van der Waals surface area contributed by atoms with E-state index in [1.54, 1.807) is 0 Å². The van der Waals surface area contributed by atoms with Gasteiger partial charge in [0.2, 0.25) is 5.88 Å². The lowest BCUT2D eigenvalue weighted by molar-refractivity contribution is 0.378. The fourth-order valence-corrected chi connectivity index (χ4v) is 1.74. The number of methoxy groups -OCH3 is 1. The molecule has 0 atom stereocenters. The molecule has 2 rings (SSSR count). The van der Waals surface area contributed by atoms with Crippen LogP contribution in [0.4, 0.5) is 4.39 Å². The molecule has 1 aromatic heterocycles. The Bertz CT molecular complexity index is 675. The van der Waals surface area contributed by atoms with Crippen LogP contribution >= 0.6 is 0 Å². The molecule has 0 fully saturated rings.